The number of aromatic nitrogens is 2. The van der Waals surface area contributed by atoms with Crippen LogP contribution in [-0.2, 0) is 4.79 Å². The van der Waals surface area contributed by atoms with Gasteiger partial charge in [-0.05, 0) is 50.3 Å². The molecule has 30 heavy (non-hydrogen) atoms. The molecule has 0 unspecified atom stereocenters. The molecule has 4 heterocycles. The number of hydrogen-bond acceptors (Lipinski definition) is 6. The van der Waals surface area contributed by atoms with Crippen molar-refractivity contribution in [3.8, 4) is 0 Å². The van der Waals surface area contributed by atoms with Crippen molar-refractivity contribution in [3.63, 3.8) is 0 Å². The van der Waals surface area contributed by atoms with Gasteiger partial charge in [0.15, 0.2) is 0 Å². The van der Waals surface area contributed by atoms with E-state index >= 15 is 0 Å². The molecule has 0 aromatic carbocycles. The van der Waals surface area contributed by atoms with Gasteiger partial charge in [0, 0.05) is 25.3 Å². The fourth-order valence-electron chi connectivity index (χ4n) is 4.35. The van der Waals surface area contributed by atoms with Crippen LogP contribution >= 0.6 is 24.0 Å². The van der Waals surface area contributed by atoms with Crippen LogP contribution in [0.3, 0.4) is 0 Å². The summed E-state index contributed by atoms with van der Waals surface area (Å²) < 4.78 is 2.06. The first-order valence-corrected chi connectivity index (χ1v) is 11.5. The number of rotatable bonds is 3. The summed E-state index contributed by atoms with van der Waals surface area (Å²) in [7, 11) is 0. The maximum atomic E-state index is 13.4. The Labute approximate surface area is 186 Å². The number of carbonyl (C=O) groups is 1. The minimum atomic E-state index is -0.170. The van der Waals surface area contributed by atoms with Gasteiger partial charge in [0.1, 0.15) is 15.8 Å². The molecule has 2 saturated heterocycles. The third kappa shape index (κ3) is 3.78. The van der Waals surface area contributed by atoms with E-state index in [2.05, 4.69) is 18.7 Å². The molecule has 2 fully saturated rings. The van der Waals surface area contributed by atoms with Gasteiger partial charge >= 0.3 is 0 Å². The van der Waals surface area contributed by atoms with Crippen molar-refractivity contribution >= 4 is 51.7 Å². The molecule has 0 aliphatic carbocycles. The molecule has 0 saturated carbocycles. The van der Waals surface area contributed by atoms with Crippen molar-refractivity contribution in [2.75, 3.05) is 18.0 Å². The van der Waals surface area contributed by atoms with Gasteiger partial charge in [0.2, 0.25) is 0 Å². The molecule has 4 rings (SSSR count). The second kappa shape index (κ2) is 8.15. The number of hydrogen-bond donors (Lipinski definition) is 0. The zero-order valence-corrected chi connectivity index (χ0v) is 19.3. The van der Waals surface area contributed by atoms with Crippen LogP contribution in [0.5, 0.6) is 0 Å². The standard InChI is InChI=1S/C22H26N4O2S2/c1-13(2)26-21(28)17(30-22(26)29)10-16-19(24-11-14(3)9-15(4)12-24)23-18-7-5-6-8-25(18)20(16)27/h5-8,10,13-15H,9,11-12H2,1-4H3/b17-10+/t14-,15+. The number of amides is 1. The highest BCUT2D eigenvalue weighted by Crippen LogP contribution is 2.35. The summed E-state index contributed by atoms with van der Waals surface area (Å²) in [5.74, 6) is 1.52. The molecule has 0 radical (unpaired) electrons. The summed E-state index contributed by atoms with van der Waals surface area (Å²) in [4.78, 5) is 35.5. The van der Waals surface area contributed by atoms with E-state index in [-0.39, 0.29) is 17.5 Å². The second-order valence-electron chi connectivity index (χ2n) is 8.58. The number of carbonyl (C=O) groups excluding carboxylic acids is 1. The summed E-state index contributed by atoms with van der Waals surface area (Å²) in [6.45, 7) is 10.00. The number of fused-ring (bicyclic) bond motifs is 1. The van der Waals surface area contributed by atoms with Gasteiger partial charge in [0.05, 0.1) is 10.5 Å². The van der Waals surface area contributed by atoms with Crippen LogP contribution in [0.4, 0.5) is 5.82 Å². The van der Waals surface area contributed by atoms with Crippen LogP contribution in [0.1, 0.15) is 39.7 Å². The molecule has 0 bridgehead atoms. The van der Waals surface area contributed by atoms with Crippen molar-refractivity contribution in [1.29, 1.82) is 0 Å². The maximum Gasteiger partial charge on any atom is 0.267 e. The fraction of sp³-hybridized carbons (Fsp3) is 0.455. The highest BCUT2D eigenvalue weighted by molar-refractivity contribution is 8.26. The molecular formula is C22H26N4O2S2. The van der Waals surface area contributed by atoms with Crippen molar-refractivity contribution in [3.05, 3.63) is 45.2 Å². The Balaban J connectivity index is 1.88. The van der Waals surface area contributed by atoms with Gasteiger partial charge in [-0.3, -0.25) is 18.9 Å². The number of thioether (sulfide) groups is 1. The first-order valence-electron chi connectivity index (χ1n) is 10.3. The van der Waals surface area contributed by atoms with E-state index in [1.807, 2.05) is 32.0 Å². The van der Waals surface area contributed by atoms with Gasteiger partial charge in [-0.2, -0.15) is 0 Å². The zero-order chi connectivity index (χ0) is 21.6. The summed E-state index contributed by atoms with van der Waals surface area (Å²) in [5, 5.41) is 0. The third-order valence-corrected chi connectivity index (χ3v) is 6.86. The molecule has 158 valence electrons. The number of anilines is 1. The molecule has 8 heteroatoms. The summed E-state index contributed by atoms with van der Waals surface area (Å²) in [6, 6.07) is 5.50. The Morgan fingerprint density at radius 2 is 1.90 bits per heavy atom. The van der Waals surface area contributed by atoms with Crippen molar-refractivity contribution < 1.29 is 4.79 Å². The van der Waals surface area contributed by atoms with E-state index in [1.165, 1.54) is 16.2 Å². The third-order valence-electron chi connectivity index (χ3n) is 5.53. The Morgan fingerprint density at radius 1 is 1.20 bits per heavy atom. The molecule has 2 aromatic heterocycles. The molecule has 2 aromatic rings. The smallest absolute Gasteiger partial charge is 0.267 e. The van der Waals surface area contributed by atoms with Gasteiger partial charge in [-0.25, -0.2) is 4.98 Å². The normalized spacial score (nSPS) is 24.0. The molecule has 2 aliphatic rings. The summed E-state index contributed by atoms with van der Waals surface area (Å²) >= 11 is 6.65. The zero-order valence-electron chi connectivity index (χ0n) is 17.7. The summed E-state index contributed by atoms with van der Waals surface area (Å²) in [5.41, 5.74) is 0.885. The first kappa shape index (κ1) is 21.1. The molecular weight excluding hydrogens is 416 g/mol. The Kier molecular flexibility index (Phi) is 5.72. The highest BCUT2D eigenvalue weighted by atomic mass is 32.2. The van der Waals surface area contributed by atoms with Crippen molar-refractivity contribution in [2.24, 2.45) is 11.8 Å². The average Bonchev–Trinajstić information content (AvgIpc) is 2.96. The molecule has 1 amide bonds. The van der Waals surface area contributed by atoms with Gasteiger partial charge in [-0.15, -0.1) is 0 Å². The largest absolute Gasteiger partial charge is 0.355 e. The predicted molar refractivity (Wildman–Crippen MR) is 127 cm³/mol. The number of pyridine rings is 1. The van der Waals surface area contributed by atoms with Crippen LogP contribution in [0.2, 0.25) is 0 Å². The van der Waals surface area contributed by atoms with Gasteiger partial charge in [0.25, 0.3) is 11.5 Å². The van der Waals surface area contributed by atoms with Crippen molar-refractivity contribution in [1.82, 2.24) is 14.3 Å². The average molecular weight is 443 g/mol. The van der Waals surface area contributed by atoms with Crippen LogP contribution < -0.4 is 10.5 Å². The van der Waals surface area contributed by atoms with Gasteiger partial charge in [-0.1, -0.05) is 43.9 Å². The number of piperidine rings is 1. The van der Waals surface area contributed by atoms with Gasteiger partial charge < -0.3 is 4.90 Å². The SMILES string of the molecule is CC(C)N1C(=O)/C(=C\c2c(N3C[C@H](C)C[C@H](C)C3)nc3ccccn3c2=O)SC1=S. The lowest BCUT2D eigenvalue weighted by Crippen LogP contribution is -2.40. The van der Waals surface area contributed by atoms with Crippen LogP contribution in [-0.4, -0.2) is 43.6 Å². The minimum absolute atomic E-state index is 0.0255. The van der Waals surface area contributed by atoms with E-state index in [1.54, 1.807) is 17.2 Å². The predicted octanol–water partition coefficient (Wildman–Crippen LogP) is 3.79. The second-order valence-corrected chi connectivity index (χ2v) is 10.3. The van der Waals surface area contributed by atoms with E-state index in [4.69, 9.17) is 17.2 Å². The first-order chi connectivity index (χ1) is 14.3. The molecule has 2 atom stereocenters. The van der Waals surface area contributed by atoms with Crippen molar-refractivity contribution in [2.45, 2.75) is 40.2 Å². The van der Waals surface area contributed by atoms with E-state index in [0.29, 0.717) is 38.1 Å². The monoisotopic (exact) mass is 442 g/mol. The maximum absolute atomic E-state index is 13.4. The topological polar surface area (TPSA) is 57.9 Å². The Hall–Kier alpha value is -2.19. The van der Waals surface area contributed by atoms with Crippen LogP contribution in [0, 0.1) is 11.8 Å². The Morgan fingerprint density at radius 3 is 2.53 bits per heavy atom. The van der Waals surface area contributed by atoms with E-state index < -0.39 is 0 Å². The lowest BCUT2D eigenvalue weighted by Gasteiger charge is -2.36. The number of nitrogens with zero attached hydrogens (tertiary/aromatic N) is 4. The van der Waals surface area contributed by atoms with E-state index in [9.17, 15) is 9.59 Å². The fourth-order valence-corrected chi connectivity index (χ4v) is 5.86. The summed E-state index contributed by atoms with van der Waals surface area (Å²) in [6.07, 6.45) is 4.56. The highest BCUT2D eigenvalue weighted by Gasteiger charge is 2.35. The Bertz CT molecular complexity index is 1100. The lowest BCUT2D eigenvalue weighted by molar-refractivity contribution is -0.123. The lowest BCUT2D eigenvalue weighted by atomic mass is 9.91. The quantitative estimate of drug-likeness (QED) is 0.533. The van der Waals surface area contributed by atoms with E-state index in [0.717, 1.165) is 19.5 Å². The van der Waals surface area contributed by atoms with Crippen LogP contribution in [0.25, 0.3) is 11.7 Å². The molecule has 0 spiro atoms. The molecule has 0 N–H and O–H groups in total. The molecule has 2 aliphatic heterocycles. The molecule has 6 nitrogen and oxygen atoms in total. The van der Waals surface area contributed by atoms with Crippen LogP contribution in [0.15, 0.2) is 34.1 Å². The minimum Gasteiger partial charge on any atom is -0.355 e. The number of thiocarbonyl (C=S) groups is 1.